The van der Waals surface area contributed by atoms with Gasteiger partial charge in [0.2, 0.25) is 0 Å². The smallest absolute Gasteiger partial charge is 0.271 e. The lowest BCUT2D eigenvalue weighted by atomic mass is 10.1. The summed E-state index contributed by atoms with van der Waals surface area (Å²) in [5.74, 6) is 0.334. The summed E-state index contributed by atoms with van der Waals surface area (Å²) in [6.07, 6.45) is 0.581. The van der Waals surface area contributed by atoms with Crippen LogP contribution in [0.5, 0.6) is 5.75 Å². The molecule has 0 saturated heterocycles. The molecule has 1 aromatic carbocycles. The van der Waals surface area contributed by atoms with Gasteiger partial charge in [0, 0.05) is 17.6 Å². The number of carbonyl (C=O) groups is 1. The van der Waals surface area contributed by atoms with Gasteiger partial charge in [0.15, 0.2) is 0 Å². The number of hydrogen-bond acceptors (Lipinski definition) is 4. The van der Waals surface area contributed by atoms with E-state index in [1.54, 1.807) is 13.2 Å². The molecule has 1 heterocycles. The van der Waals surface area contributed by atoms with Crippen LogP contribution in [-0.2, 0) is 6.42 Å². The van der Waals surface area contributed by atoms with Crippen LogP contribution in [-0.4, -0.2) is 29.8 Å². The topological polar surface area (TPSA) is 84.1 Å². The molecular weight excluding hydrogens is 294 g/mol. The Bertz CT molecular complexity index is 680. The highest BCUT2D eigenvalue weighted by molar-refractivity contribution is 6.31. The second-order valence-corrected chi connectivity index (χ2v) is 4.68. The molecule has 7 heteroatoms. The summed E-state index contributed by atoms with van der Waals surface area (Å²) < 4.78 is 5.07. The SMILES string of the molecule is COc1ccc(CCNC(=O)c2ccc(=O)[nH]n2)c(Cl)c1. The van der Waals surface area contributed by atoms with Gasteiger partial charge in [-0.2, -0.15) is 5.10 Å². The Hall–Kier alpha value is -2.34. The fourth-order valence-electron chi connectivity index (χ4n) is 1.73. The Morgan fingerprint density at radius 2 is 2.19 bits per heavy atom. The number of nitrogens with one attached hydrogen (secondary N) is 2. The second-order valence-electron chi connectivity index (χ2n) is 4.27. The number of aromatic amines is 1. The third kappa shape index (κ3) is 4.06. The molecule has 0 aliphatic heterocycles. The molecule has 6 nitrogen and oxygen atoms in total. The molecule has 0 radical (unpaired) electrons. The van der Waals surface area contributed by atoms with E-state index in [0.717, 1.165) is 5.56 Å². The maximum Gasteiger partial charge on any atom is 0.271 e. The first kappa shape index (κ1) is 15.1. The van der Waals surface area contributed by atoms with Crippen LogP contribution < -0.4 is 15.6 Å². The lowest BCUT2D eigenvalue weighted by molar-refractivity contribution is 0.0948. The second kappa shape index (κ2) is 6.90. The van der Waals surface area contributed by atoms with Gasteiger partial charge in [0.25, 0.3) is 11.5 Å². The molecular formula is C14H14ClN3O3. The molecule has 1 aromatic heterocycles. The van der Waals surface area contributed by atoms with Gasteiger partial charge in [0.1, 0.15) is 11.4 Å². The van der Waals surface area contributed by atoms with Gasteiger partial charge in [-0.15, -0.1) is 0 Å². The fourth-order valence-corrected chi connectivity index (χ4v) is 1.99. The van der Waals surface area contributed by atoms with Crippen LogP contribution in [0, 0.1) is 0 Å². The van der Waals surface area contributed by atoms with Crippen molar-refractivity contribution in [2.45, 2.75) is 6.42 Å². The summed E-state index contributed by atoms with van der Waals surface area (Å²) >= 11 is 6.11. The van der Waals surface area contributed by atoms with Crippen molar-refractivity contribution in [1.82, 2.24) is 15.5 Å². The van der Waals surface area contributed by atoms with Gasteiger partial charge in [-0.1, -0.05) is 17.7 Å². The molecule has 2 aromatic rings. The molecule has 0 unspecified atom stereocenters. The first-order chi connectivity index (χ1) is 10.1. The zero-order chi connectivity index (χ0) is 15.2. The number of H-pyrrole nitrogens is 1. The van der Waals surface area contributed by atoms with Crippen molar-refractivity contribution in [3.63, 3.8) is 0 Å². The van der Waals surface area contributed by atoms with Crippen molar-refractivity contribution in [3.8, 4) is 5.75 Å². The number of nitrogens with zero attached hydrogens (tertiary/aromatic N) is 1. The van der Waals surface area contributed by atoms with E-state index in [9.17, 15) is 9.59 Å². The number of methoxy groups -OCH3 is 1. The Kier molecular flexibility index (Phi) is 4.94. The highest BCUT2D eigenvalue weighted by Crippen LogP contribution is 2.22. The lowest BCUT2D eigenvalue weighted by Crippen LogP contribution is -2.27. The van der Waals surface area contributed by atoms with Crippen LogP contribution in [0.2, 0.25) is 5.02 Å². The van der Waals surface area contributed by atoms with Crippen LogP contribution in [0.4, 0.5) is 0 Å². The van der Waals surface area contributed by atoms with Crippen LogP contribution >= 0.6 is 11.6 Å². The number of amides is 1. The van der Waals surface area contributed by atoms with Crippen LogP contribution in [0.3, 0.4) is 0 Å². The van der Waals surface area contributed by atoms with Gasteiger partial charge in [-0.3, -0.25) is 9.59 Å². The standard InChI is InChI=1S/C14H14ClN3O3/c1-21-10-3-2-9(11(15)8-10)6-7-16-14(20)12-4-5-13(19)18-17-12/h2-5,8H,6-7H2,1H3,(H,16,20)(H,18,19). The average Bonchev–Trinajstić information content (AvgIpc) is 2.49. The molecule has 1 amide bonds. The Balaban J connectivity index is 1.90. The third-order valence-electron chi connectivity index (χ3n) is 2.85. The van der Waals surface area contributed by atoms with Crippen LogP contribution in [0.15, 0.2) is 35.1 Å². The van der Waals surface area contributed by atoms with Crippen molar-refractivity contribution in [2.75, 3.05) is 13.7 Å². The Morgan fingerprint density at radius 3 is 2.81 bits per heavy atom. The molecule has 0 spiro atoms. The van der Waals surface area contributed by atoms with Crippen molar-refractivity contribution < 1.29 is 9.53 Å². The molecule has 2 rings (SSSR count). The zero-order valence-electron chi connectivity index (χ0n) is 11.4. The number of aromatic nitrogens is 2. The summed E-state index contributed by atoms with van der Waals surface area (Å²) in [6.45, 7) is 0.408. The van der Waals surface area contributed by atoms with E-state index in [2.05, 4.69) is 15.5 Å². The van der Waals surface area contributed by atoms with Gasteiger partial charge >= 0.3 is 0 Å². The summed E-state index contributed by atoms with van der Waals surface area (Å²) in [4.78, 5) is 22.6. The van der Waals surface area contributed by atoms with Gasteiger partial charge in [-0.05, 0) is 30.2 Å². The molecule has 21 heavy (non-hydrogen) atoms. The molecule has 0 bridgehead atoms. The number of rotatable bonds is 5. The van der Waals surface area contributed by atoms with Crippen molar-refractivity contribution in [3.05, 3.63) is 57.0 Å². The highest BCUT2D eigenvalue weighted by atomic mass is 35.5. The predicted molar refractivity (Wildman–Crippen MR) is 78.9 cm³/mol. The van der Waals surface area contributed by atoms with Crippen LogP contribution in [0.25, 0.3) is 0 Å². The van der Waals surface area contributed by atoms with Gasteiger partial charge in [-0.25, -0.2) is 5.10 Å². The minimum absolute atomic E-state index is 0.162. The van der Waals surface area contributed by atoms with Crippen molar-refractivity contribution in [2.24, 2.45) is 0 Å². The van der Waals surface area contributed by atoms with Gasteiger partial charge in [0.05, 0.1) is 7.11 Å². The first-order valence-corrected chi connectivity index (χ1v) is 6.64. The number of hydrogen-bond donors (Lipinski definition) is 2. The largest absolute Gasteiger partial charge is 0.497 e. The molecule has 0 aliphatic carbocycles. The zero-order valence-corrected chi connectivity index (χ0v) is 12.1. The number of halogens is 1. The van der Waals surface area contributed by atoms with E-state index in [4.69, 9.17) is 16.3 Å². The predicted octanol–water partition coefficient (Wildman–Crippen LogP) is 1.40. The minimum Gasteiger partial charge on any atom is -0.497 e. The maximum atomic E-state index is 11.8. The normalized spacial score (nSPS) is 10.2. The maximum absolute atomic E-state index is 11.8. The molecule has 0 atom stereocenters. The highest BCUT2D eigenvalue weighted by Gasteiger charge is 2.07. The van der Waals surface area contributed by atoms with Gasteiger partial charge < -0.3 is 10.1 Å². The van der Waals surface area contributed by atoms with E-state index in [0.29, 0.717) is 23.7 Å². The molecule has 110 valence electrons. The number of ether oxygens (including phenoxy) is 1. The van der Waals surface area contributed by atoms with E-state index in [1.807, 2.05) is 12.1 Å². The van der Waals surface area contributed by atoms with Crippen LogP contribution in [0.1, 0.15) is 16.1 Å². The Labute approximate surface area is 126 Å². The summed E-state index contributed by atoms with van der Waals surface area (Å²) in [5.41, 5.74) is 0.721. The van der Waals surface area contributed by atoms with Crippen molar-refractivity contribution in [1.29, 1.82) is 0 Å². The van der Waals surface area contributed by atoms with E-state index in [-0.39, 0.29) is 17.2 Å². The third-order valence-corrected chi connectivity index (χ3v) is 3.20. The lowest BCUT2D eigenvalue weighted by Gasteiger charge is -2.07. The van der Waals surface area contributed by atoms with E-state index >= 15 is 0 Å². The van der Waals surface area contributed by atoms with E-state index < -0.39 is 0 Å². The fraction of sp³-hybridized carbons (Fsp3) is 0.214. The average molecular weight is 308 g/mol. The summed E-state index contributed by atoms with van der Waals surface area (Å²) in [5, 5.41) is 9.16. The van der Waals surface area contributed by atoms with E-state index in [1.165, 1.54) is 12.1 Å². The molecule has 0 fully saturated rings. The number of carbonyl (C=O) groups excluding carboxylic acids is 1. The number of benzene rings is 1. The Morgan fingerprint density at radius 1 is 1.38 bits per heavy atom. The monoisotopic (exact) mass is 307 g/mol. The summed E-state index contributed by atoms with van der Waals surface area (Å²) in [6, 6.07) is 8.01. The minimum atomic E-state index is -0.351. The van der Waals surface area contributed by atoms with Crippen molar-refractivity contribution >= 4 is 17.5 Å². The molecule has 0 saturated carbocycles. The molecule has 2 N–H and O–H groups in total. The first-order valence-electron chi connectivity index (χ1n) is 6.26. The molecule has 0 aliphatic rings. The summed E-state index contributed by atoms with van der Waals surface area (Å²) in [7, 11) is 1.57. The quantitative estimate of drug-likeness (QED) is 0.874.